The van der Waals surface area contributed by atoms with E-state index < -0.39 is 10.0 Å². The molecule has 6 nitrogen and oxygen atoms in total. The number of carbonyl (C=O) groups is 1. The first-order valence-corrected chi connectivity index (χ1v) is 9.13. The molecule has 0 saturated carbocycles. The van der Waals surface area contributed by atoms with Crippen LogP contribution in [0, 0.1) is 0 Å². The van der Waals surface area contributed by atoms with Gasteiger partial charge < -0.3 is 10.4 Å². The Kier molecular flexibility index (Phi) is 4.33. The first-order chi connectivity index (χ1) is 11.2. The average molecular weight is 387 g/mol. The highest BCUT2D eigenvalue weighted by Crippen LogP contribution is 2.35. The lowest BCUT2D eigenvalue weighted by molar-refractivity contribution is -0.116. The van der Waals surface area contributed by atoms with E-state index in [1.165, 1.54) is 30.3 Å². The molecular formula is C15H12Cl2N2O4S. The maximum atomic E-state index is 12.5. The van der Waals surface area contributed by atoms with E-state index in [2.05, 4.69) is 10.0 Å². The third kappa shape index (κ3) is 3.43. The maximum Gasteiger partial charge on any atom is 0.262 e. The quantitative estimate of drug-likeness (QED) is 0.704. The number of fused-ring (bicyclic) bond motifs is 1. The SMILES string of the molecule is O=C1CCc2cc(NS(=O)(=O)c3cc(Cl)cc(Cl)c3)c(O)cc2N1. The first kappa shape index (κ1) is 16.9. The molecule has 0 saturated heterocycles. The third-order valence-corrected chi connectivity index (χ3v) is 5.29. The van der Waals surface area contributed by atoms with E-state index in [1.807, 2.05) is 0 Å². The van der Waals surface area contributed by atoms with E-state index in [9.17, 15) is 18.3 Å². The van der Waals surface area contributed by atoms with Crippen molar-refractivity contribution < 1.29 is 18.3 Å². The van der Waals surface area contributed by atoms with Crippen molar-refractivity contribution >= 4 is 50.5 Å². The molecule has 0 aromatic heterocycles. The molecule has 0 bridgehead atoms. The van der Waals surface area contributed by atoms with Gasteiger partial charge in [-0.25, -0.2) is 8.42 Å². The summed E-state index contributed by atoms with van der Waals surface area (Å²) in [5.41, 5.74) is 1.22. The van der Waals surface area contributed by atoms with Crippen molar-refractivity contribution in [3.63, 3.8) is 0 Å². The fourth-order valence-electron chi connectivity index (χ4n) is 2.39. The second-order valence-electron chi connectivity index (χ2n) is 5.29. The van der Waals surface area contributed by atoms with Gasteiger partial charge in [0, 0.05) is 28.2 Å². The van der Waals surface area contributed by atoms with Crippen LogP contribution in [0.1, 0.15) is 12.0 Å². The van der Waals surface area contributed by atoms with E-state index in [4.69, 9.17) is 23.2 Å². The number of carbonyl (C=O) groups excluding carboxylic acids is 1. The van der Waals surface area contributed by atoms with Gasteiger partial charge in [0.25, 0.3) is 10.0 Å². The normalized spacial score (nSPS) is 14.0. The Morgan fingerprint density at radius 1 is 1.04 bits per heavy atom. The number of halogens is 2. The summed E-state index contributed by atoms with van der Waals surface area (Å²) in [7, 11) is -3.98. The summed E-state index contributed by atoms with van der Waals surface area (Å²) >= 11 is 11.7. The summed E-state index contributed by atoms with van der Waals surface area (Å²) in [5.74, 6) is -0.448. The molecule has 2 aromatic rings. The minimum absolute atomic E-state index is 0.0148. The Labute approximate surface area is 148 Å². The summed E-state index contributed by atoms with van der Waals surface area (Å²) in [6.07, 6.45) is 0.757. The predicted molar refractivity (Wildman–Crippen MR) is 92.3 cm³/mol. The zero-order chi connectivity index (χ0) is 17.5. The smallest absolute Gasteiger partial charge is 0.262 e. The van der Waals surface area contributed by atoms with Crippen LogP contribution < -0.4 is 10.0 Å². The summed E-state index contributed by atoms with van der Waals surface area (Å²) in [4.78, 5) is 11.3. The number of aryl methyl sites for hydroxylation is 1. The molecule has 0 radical (unpaired) electrons. The molecule has 126 valence electrons. The number of aromatic hydroxyl groups is 1. The highest BCUT2D eigenvalue weighted by molar-refractivity contribution is 7.92. The van der Waals surface area contributed by atoms with Gasteiger partial charge in [-0.1, -0.05) is 23.2 Å². The molecule has 1 aliphatic rings. The second-order valence-corrected chi connectivity index (χ2v) is 7.84. The highest BCUT2D eigenvalue weighted by Gasteiger charge is 2.21. The molecule has 1 amide bonds. The molecule has 24 heavy (non-hydrogen) atoms. The lowest BCUT2D eigenvalue weighted by Crippen LogP contribution is -2.19. The average Bonchev–Trinajstić information content (AvgIpc) is 2.47. The molecular weight excluding hydrogens is 375 g/mol. The highest BCUT2D eigenvalue weighted by atomic mass is 35.5. The van der Waals surface area contributed by atoms with Crippen LogP contribution in [-0.4, -0.2) is 19.4 Å². The zero-order valence-corrected chi connectivity index (χ0v) is 14.5. The summed E-state index contributed by atoms with van der Waals surface area (Å²) in [5, 5.41) is 13.0. The predicted octanol–water partition coefficient (Wildman–Crippen LogP) is 3.38. The van der Waals surface area contributed by atoms with Crippen molar-refractivity contribution in [2.75, 3.05) is 10.0 Å². The van der Waals surface area contributed by atoms with Crippen molar-refractivity contribution in [2.24, 2.45) is 0 Å². The van der Waals surface area contributed by atoms with Crippen molar-refractivity contribution in [1.82, 2.24) is 0 Å². The number of phenolic OH excluding ortho intramolecular Hbond substituents is 1. The fraction of sp³-hybridized carbons (Fsp3) is 0.133. The van der Waals surface area contributed by atoms with Gasteiger partial charge in [0.2, 0.25) is 5.91 Å². The van der Waals surface area contributed by atoms with Crippen LogP contribution in [0.3, 0.4) is 0 Å². The maximum absolute atomic E-state index is 12.5. The second kappa shape index (κ2) is 6.16. The summed E-state index contributed by atoms with van der Waals surface area (Å²) in [6, 6.07) is 6.74. The molecule has 3 N–H and O–H groups in total. The van der Waals surface area contributed by atoms with Crippen LogP contribution in [0.25, 0.3) is 0 Å². The van der Waals surface area contributed by atoms with Gasteiger partial charge in [-0.05, 0) is 36.2 Å². The number of anilines is 2. The summed E-state index contributed by atoms with van der Waals surface area (Å²) in [6.45, 7) is 0. The van der Waals surface area contributed by atoms with Gasteiger partial charge in [-0.2, -0.15) is 0 Å². The minimum atomic E-state index is -3.98. The van der Waals surface area contributed by atoms with Crippen molar-refractivity contribution in [3.8, 4) is 5.75 Å². The Bertz CT molecular complexity index is 924. The van der Waals surface area contributed by atoms with Crippen LogP contribution in [0.2, 0.25) is 10.0 Å². The lowest BCUT2D eigenvalue weighted by atomic mass is 10.0. The van der Waals surface area contributed by atoms with Gasteiger partial charge in [-0.3, -0.25) is 9.52 Å². The van der Waals surface area contributed by atoms with Crippen molar-refractivity contribution in [1.29, 1.82) is 0 Å². The minimum Gasteiger partial charge on any atom is -0.506 e. The first-order valence-electron chi connectivity index (χ1n) is 6.89. The third-order valence-electron chi connectivity index (χ3n) is 3.51. The number of rotatable bonds is 3. The molecule has 1 aliphatic heterocycles. The van der Waals surface area contributed by atoms with Crippen LogP contribution in [-0.2, 0) is 21.2 Å². The molecule has 9 heteroatoms. The Hall–Kier alpha value is -1.96. The van der Waals surface area contributed by atoms with Crippen LogP contribution >= 0.6 is 23.2 Å². The molecule has 0 fully saturated rings. The topological polar surface area (TPSA) is 95.5 Å². The molecule has 0 aliphatic carbocycles. The van der Waals surface area contributed by atoms with Gasteiger partial charge in [0.15, 0.2) is 0 Å². The van der Waals surface area contributed by atoms with Crippen LogP contribution in [0.5, 0.6) is 5.75 Å². The van der Waals surface area contributed by atoms with Gasteiger partial charge >= 0.3 is 0 Å². The largest absolute Gasteiger partial charge is 0.506 e. The monoisotopic (exact) mass is 386 g/mol. The van der Waals surface area contributed by atoms with E-state index in [0.29, 0.717) is 18.5 Å². The number of sulfonamides is 1. The molecule has 2 aromatic carbocycles. The Morgan fingerprint density at radius 3 is 2.38 bits per heavy atom. The zero-order valence-electron chi connectivity index (χ0n) is 12.1. The van der Waals surface area contributed by atoms with Gasteiger partial charge in [0.05, 0.1) is 10.6 Å². The van der Waals surface area contributed by atoms with Crippen molar-refractivity contribution in [2.45, 2.75) is 17.7 Å². The van der Waals surface area contributed by atoms with Crippen LogP contribution in [0.15, 0.2) is 35.2 Å². The van der Waals surface area contributed by atoms with Gasteiger partial charge in [-0.15, -0.1) is 0 Å². The summed E-state index contributed by atoms with van der Waals surface area (Å²) < 4.78 is 27.2. The molecule has 0 atom stereocenters. The van der Waals surface area contributed by atoms with E-state index in [-0.39, 0.29) is 32.3 Å². The number of hydrogen-bond acceptors (Lipinski definition) is 4. The number of hydrogen-bond donors (Lipinski definition) is 3. The molecule has 1 heterocycles. The Balaban J connectivity index is 1.97. The van der Waals surface area contributed by atoms with Gasteiger partial charge in [0.1, 0.15) is 5.75 Å². The van der Waals surface area contributed by atoms with E-state index in [0.717, 1.165) is 5.56 Å². The van der Waals surface area contributed by atoms with Crippen molar-refractivity contribution in [3.05, 3.63) is 45.9 Å². The van der Waals surface area contributed by atoms with Crippen LogP contribution in [0.4, 0.5) is 11.4 Å². The Morgan fingerprint density at radius 2 is 1.71 bits per heavy atom. The van der Waals surface area contributed by atoms with E-state index in [1.54, 1.807) is 0 Å². The molecule has 3 rings (SSSR count). The number of nitrogens with one attached hydrogen (secondary N) is 2. The standard InChI is InChI=1S/C15H12Cl2N2O4S/c16-9-4-10(17)6-11(5-9)24(22,23)19-13-3-8-1-2-15(21)18-12(8)7-14(13)20/h3-7,19-20H,1-2H2,(H,18,21). The number of phenols is 1. The number of benzene rings is 2. The fourth-order valence-corrected chi connectivity index (χ4v) is 4.18. The lowest BCUT2D eigenvalue weighted by Gasteiger charge is -2.19. The molecule has 0 unspecified atom stereocenters. The number of amides is 1. The van der Waals surface area contributed by atoms with E-state index >= 15 is 0 Å². The molecule has 0 spiro atoms.